The van der Waals surface area contributed by atoms with Crippen LogP contribution in [-0.4, -0.2) is 31.2 Å². The zero-order valence-corrected chi connectivity index (χ0v) is 16.1. The summed E-state index contributed by atoms with van der Waals surface area (Å²) in [5.74, 6) is 1.63. The van der Waals surface area contributed by atoms with Crippen molar-refractivity contribution in [2.24, 2.45) is 0 Å². The van der Waals surface area contributed by atoms with Crippen molar-refractivity contribution >= 4 is 28.5 Å². The van der Waals surface area contributed by atoms with E-state index in [1.54, 1.807) is 24.5 Å². The molecule has 0 bridgehead atoms. The van der Waals surface area contributed by atoms with Gasteiger partial charge in [-0.1, -0.05) is 6.42 Å². The fourth-order valence-corrected chi connectivity index (χ4v) is 4.34. The Morgan fingerprint density at radius 3 is 2.96 bits per heavy atom. The van der Waals surface area contributed by atoms with Crippen LogP contribution in [0.4, 0.5) is 5.13 Å². The summed E-state index contributed by atoms with van der Waals surface area (Å²) in [7, 11) is 1.58. The molecule has 2 aromatic rings. The molecule has 0 fully saturated rings. The number of anilines is 1. The summed E-state index contributed by atoms with van der Waals surface area (Å²) >= 11 is 1.59. The van der Waals surface area contributed by atoms with Crippen LogP contribution in [0.1, 0.15) is 35.4 Å². The third kappa shape index (κ3) is 4.08. The smallest absolute Gasteiger partial charge is 0.250 e. The minimum absolute atomic E-state index is 0.201. The van der Waals surface area contributed by atoms with Crippen molar-refractivity contribution in [3.63, 3.8) is 0 Å². The van der Waals surface area contributed by atoms with E-state index in [1.807, 2.05) is 12.1 Å². The number of benzene rings is 1. The number of nitrogens with one attached hydrogen (secondary N) is 1. The standard InChI is InChI=1S/C20H22N2O4S/c1-24-15-11-13(12-16-19(15)26-10-9-25-16)7-8-18(23)22-20-21-14-5-3-2-4-6-17(14)27-20/h7-8,11-12H,2-6,9-10H2,1H3,(H,21,22,23)/b8-7+. The van der Waals surface area contributed by atoms with Gasteiger partial charge in [-0.2, -0.15) is 0 Å². The highest BCUT2D eigenvalue weighted by Crippen LogP contribution is 2.40. The van der Waals surface area contributed by atoms with Crippen molar-refractivity contribution in [3.05, 3.63) is 34.3 Å². The van der Waals surface area contributed by atoms with Crippen LogP contribution in [0.15, 0.2) is 18.2 Å². The Kier molecular flexibility index (Phi) is 5.29. The highest BCUT2D eigenvalue weighted by atomic mass is 32.1. The number of carbonyl (C=O) groups excluding carboxylic acids is 1. The minimum Gasteiger partial charge on any atom is -0.493 e. The Hall–Kier alpha value is -2.54. The maximum Gasteiger partial charge on any atom is 0.250 e. The lowest BCUT2D eigenvalue weighted by Gasteiger charge is -2.20. The van der Waals surface area contributed by atoms with Gasteiger partial charge in [-0.15, -0.1) is 11.3 Å². The van der Waals surface area contributed by atoms with E-state index in [1.165, 1.54) is 30.2 Å². The molecule has 0 saturated heterocycles. The van der Waals surface area contributed by atoms with Crippen molar-refractivity contribution < 1.29 is 19.0 Å². The van der Waals surface area contributed by atoms with Gasteiger partial charge < -0.3 is 14.2 Å². The van der Waals surface area contributed by atoms with E-state index >= 15 is 0 Å². The second-order valence-corrected chi connectivity index (χ2v) is 7.60. The monoisotopic (exact) mass is 386 g/mol. The number of ether oxygens (including phenoxy) is 3. The van der Waals surface area contributed by atoms with E-state index in [2.05, 4.69) is 10.3 Å². The number of hydrogen-bond donors (Lipinski definition) is 1. The Morgan fingerprint density at radius 1 is 1.22 bits per heavy atom. The molecule has 6 nitrogen and oxygen atoms in total. The molecule has 0 saturated carbocycles. The van der Waals surface area contributed by atoms with Gasteiger partial charge in [-0.05, 0) is 49.5 Å². The second-order valence-electron chi connectivity index (χ2n) is 6.52. The molecule has 1 aliphatic carbocycles. The summed E-state index contributed by atoms with van der Waals surface area (Å²) in [4.78, 5) is 18.2. The van der Waals surface area contributed by atoms with Gasteiger partial charge in [-0.25, -0.2) is 4.98 Å². The first-order chi connectivity index (χ1) is 13.2. The van der Waals surface area contributed by atoms with Gasteiger partial charge in [0.15, 0.2) is 16.6 Å². The Balaban J connectivity index is 1.46. The zero-order valence-electron chi connectivity index (χ0n) is 15.2. The second kappa shape index (κ2) is 8.00. The van der Waals surface area contributed by atoms with E-state index in [0.29, 0.717) is 35.6 Å². The average Bonchev–Trinajstić information content (AvgIpc) is 2.93. The van der Waals surface area contributed by atoms with Gasteiger partial charge in [0.25, 0.3) is 0 Å². The molecule has 1 aliphatic heterocycles. The predicted octanol–water partition coefficient (Wildman–Crippen LogP) is 3.84. The summed E-state index contributed by atoms with van der Waals surface area (Å²) < 4.78 is 16.6. The van der Waals surface area contributed by atoms with E-state index in [0.717, 1.165) is 24.1 Å². The normalized spacial score (nSPS) is 15.9. The van der Waals surface area contributed by atoms with Crippen LogP contribution in [0, 0.1) is 0 Å². The number of hydrogen-bond acceptors (Lipinski definition) is 6. The van der Waals surface area contributed by atoms with Gasteiger partial charge in [0, 0.05) is 11.0 Å². The van der Waals surface area contributed by atoms with Gasteiger partial charge in [0.1, 0.15) is 13.2 Å². The molecule has 2 heterocycles. The summed E-state index contributed by atoms with van der Waals surface area (Å²) in [5.41, 5.74) is 1.95. The number of aromatic nitrogens is 1. The largest absolute Gasteiger partial charge is 0.493 e. The minimum atomic E-state index is -0.201. The lowest BCUT2D eigenvalue weighted by atomic mass is 10.1. The number of amides is 1. The number of fused-ring (bicyclic) bond motifs is 2. The maximum atomic E-state index is 12.3. The van der Waals surface area contributed by atoms with Crippen LogP contribution in [0.2, 0.25) is 0 Å². The fourth-order valence-electron chi connectivity index (χ4n) is 3.29. The first-order valence-corrected chi connectivity index (χ1v) is 10.00. The third-order valence-electron chi connectivity index (χ3n) is 4.60. The number of nitrogens with zero attached hydrogens (tertiary/aromatic N) is 1. The summed E-state index contributed by atoms with van der Waals surface area (Å²) in [6.45, 7) is 0.997. The van der Waals surface area contributed by atoms with Crippen molar-refractivity contribution in [3.8, 4) is 17.2 Å². The molecular weight excluding hydrogens is 364 g/mol. The molecule has 4 rings (SSSR count). The molecule has 0 atom stereocenters. The molecule has 27 heavy (non-hydrogen) atoms. The van der Waals surface area contributed by atoms with Crippen molar-refractivity contribution in [2.75, 3.05) is 25.6 Å². The molecule has 142 valence electrons. The Bertz CT molecular complexity index is 834. The van der Waals surface area contributed by atoms with Gasteiger partial charge in [-0.3, -0.25) is 10.1 Å². The number of aryl methyl sites for hydroxylation is 2. The van der Waals surface area contributed by atoms with Crippen LogP contribution in [0.3, 0.4) is 0 Å². The first kappa shape index (κ1) is 17.9. The summed E-state index contributed by atoms with van der Waals surface area (Å²) in [6.07, 6.45) is 8.94. The number of methoxy groups -OCH3 is 1. The van der Waals surface area contributed by atoms with Crippen LogP contribution < -0.4 is 19.5 Å². The zero-order chi connectivity index (χ0) is 18.6. The molecule has 1 amide bonds. The third-order valence-corrected chi connectivity index (χ3v) is 5.68. The Labute approximate surface area is 162 Å². The summed E-state index contributed by atoms with van der Waals surface area (Å²) in [6, 6.07) is 3.66. The van der Waals surface area contributed by atoms with Crippen LogP contribution in [0.25, 0.3) is 6.08 Å². The van der Waals surface area contributed by atoms with Crippen LogP contribution in [0.5, 0.6) is 17.2 Å². The van der Waals surface area contributed by atoms with E-state index in [4.69, 9.17) is 14.2 Å². The molecule has 1 aromatic heterocycles. The maximum absolute atomic E-state index is 12.3. The number of carbonyl (C=O) groups is 1. The van der Waals surface area contributed by atoms with Crippen molar-refractivity contribution in [2.45, 2.75) is 32.1 Å². The van der Waals surface area contributed by atoms with Gasteiger partial charge >= 0.3 is 0 Å². The van der Waals surface area contributed by atoms with E-state index < -0.39 is 0 Å². The van der Waals surface area contributed by atoms with E-state index in [9.17, 15) is 4.79 Å². The van der Waals surface area contributed by atoms with Gasteiger partial charge in [0.2, 0.25) is 11.7 Å². The molecule has 7 heteroatoms. The molecule has 2 aliphatic rings. The van der Waals surface area contributed by atoms with Crippen molar-refractivity contribution in [1.82, 2.24) is 4.98 Å². The topological polar surface area (TPSA) is 69.7 Å². The molecule has 1 aromatic carbocycles. The fraction of sp³-hybridized carbons (Fsp3) is 0.400. The van der Waals surface area contributed by atoms with Gasteiger partial charge in [0.05, 0.1) is 12.8 Å². The van der Waals surface area contributed by atoms with E-state index in [-0.39, 0.29) is 5.91 Å². The number of thiazole rings is 1. The van der Waals surface area contributed by atoms with Crippen molar-refractivity contribution in [1.29, 1.82) is 0 Å². The molecule has 1 N–H and O–H groups in total. The molecular formula is C20H22N2O4S. The molecule has 0 spiro atoms. The average molecular weight is 386 g/mol. The Morgan fingerprint density at radius 2 is 2.07 bits per heavy atom. The summed E-state index contributed by atoms with van der Waals surface area (Å²) in [5, 5.41) is 3.55. The highest BCUT2D eigenvalue weighted by molar-refractivity contribution is 7.15. The first-order valence-electron chi connectivity index (χ1n) is 9.18. The molecule has 0 radical (unpaired) electrons. The predicted molar refractivity (Wildman–Crippen MR) is 105 cm³/mol. The lowest BCUT2D eigenvalue weighted by molar-refractivity contribution is -0.111. The highest BCUT2D eigenvalue weighted by Gasteiger charge is 2.18. The number of rotatable bonds is 4. The molecule has 0 unspecified atom stereocenters. The quantitative estimate of drug-likeness (QED) is 0.639. The SMILES string of the molecule is COc1cc(/C=C/C(=O)Nc2nc3c(s2)CCCCC3)cc2c1OCCO2. The van der Waals surface area contributed by atoms with Crippen LogP contribution in [-0.2, 0) is 17.6 Å². The van der Waals surface area contributed by atoms with Crippen LogP contribution >= 0.6 is 11.3 Å². The lowest BCUT2D eigenvalue weighted by Crippen LogP contribution is -2.16.